The van der Waals surface area contributed by atoms with Crippen molar-refractivity contribution < 1.29 is 9.18 Å². The van der Waals surface area contributed by atoms with Crippen molar-refractivity contribution in [3.63, 3.8) is 0 Å². The molecule has 1 heterocycles. The molecule has 0 aliphatic heterocycles. The molecule has 2 aromatic carbocycles. The van der Waals surface area contributed by atoms with E-state index in [0.29, 0.717) is 12.1 Å². The van der Waals surface area contributed by atoms with E-state index in [1.807, 2.05) is 24.3 Å². The van der Waals surface area contributed by atoms with Crippen molar-refractivity contribution in [1.82, 2.24) is 9.88 Å². The lowest BCUT2D eigenvalue weighted by molar-refractivity contribution is -0.125. The number of benzene rings is 2. The number of para-hydroxylation sites is 1. The number of hydrogen-bond donors (Lipinski definition) is 0. The summed E-state index contributed by atoms with van der Waals surface area (Å²) in [6, 6.07) is 12.5. The molecule has 3 nitrogen and oxygen atoms in total. The number of likely N-dealkylation sites (N-methyl/N-ethyl adjacent to an activating group) is 1. The number of nitrogens with zero attached hydrogens (tertiary/aromatic N) is 2. The second-order valence-corrected chi connectivity index (χ2v) is 7.30. The van der Waals surface area contributed by atoms with Crippen LogP contribution in [0.25, 0.3) is 16.3 Å². The van der Waals surface area contributed by atoms with Gasteiger partial charge in [0.25, 0.3) is 0 Å². The van der Waals surface area contributed by atoms with Gasteiger partial charge in [-0.25, -0.2) is 9.37 Å². The average molecular weight is 405 g/mol. The smallest absolute Gasteiger partial charge is 0.246 e. The molecule has 24 heavy (non-hydrogen) atoms. The molecule has 0 saturated carbocycles. The van der Waals surface area contributed by atoms with Crippen LogP contribution in [0.2, 0.25) is 0 Å². The van der Waals surface area contributed by atoms with Crippen molar-refractivity contribution in [2.45, 2.75) is 6.54 Å². The Bertz CT molecular complexity index is 889. The van der Waals surface area contributed by atoms with E-state index in [1.165, 1.54) is 18.2 Å². The number of fused-ring (bicyclic) bond motifs is 1. The summed E-state index contributed by atoms with van der Waals surface area (Å²) >= 11 is 4.86. The lowest BCUT2D eigenvalue weighted by Crippen LogP contribution is -2.24. The number of thiazole rings is 1. The molecule has 0 saturated heterocycles. The van der Waals surface area contributed by atoms with Gasteiger partial charge in [-0.2, -0.15) is 0 Å². The highest BCUT2D eigenvalue weighted by Gasteiger charge is 2.10. The summed E-state index contributed by atoms with van der Waals surface area (Å²) in [6.45, 7) is 0.420. The van der Waals surface area contributed by atoms with Crippen LogP contribution in [-0.2, 0) is 11.3 Å². The summed E-state index contributed by atoms with van der Waals surface area (Å²) in [5.74, 6) is -0.565. The number of hydrogen-bond acceptors (Lipinski definition) is 3. The van der Waals surface area contributed by atoms with Gasteiger partial charge in [0.05, 0.1) is 16.8 Å². The van der Waals surface area contributed by atoms with Crippen LogP contribution in [0.3, 0.4) is 0 Å². The van der Waals surface area contributed by atoms with Gasteiger partial charge in [0.15, 0.2) is 0 Å². The van der Waals surface area contributed by atoms with Crippen molar-refractivity contribution >= 4 is 49.5 Å². The fourth-order valence-electron chi connectivity index (χ4n) is 2.20. The Morgan fingerprint density at radius 3 is 2.92 bits per heavy atom. The first-order valence-corrected chi connectivity index (χ1v) is 8.86. The molecule has 1 aromatic heterocycles. The third-order valence-corrected chi connectivity index (χ3v) is 4.96. The minimum Gasteiger partial charge on any atom is -0.335 e. The lowest BCUT2D eigenvalue weighted by atomic mass is 10.2. The molecule has 0 N–H and O–H groups in total. The van der Waals surface area contributed by atoms with Crippen LogP contribution >= 0.6 is 27.3 Å². The molecule has 0 aliphatic rings. The first kappa shape index (κ1) is 16.8. The Labute approximate surface area is 151 Å². The van der Waals surface area contributed by atoms with E-state index in [0.717, 1.165) is 19.7 Å². The highest BCUT2D eigenvalue weighted by molar-refractivity contribution is 9.10. The highest BCUT2D eigenvalue weighted by atomic mass is 79.9. The highest BCUT2D eigenvalue weighted by Crippen LogP contribution is 2.22. The third kappa shape index (κ3) is 3.88. The molecular formula is C18H14BrFN2OS. The van der Waals surface area contributed by atoms with Gasteiger partial charge in [0.1, 0.15) is 10.8 Å². The summed E-state index contributed by atoms with van der Waals surface area (Å²) < 4.78 is 15.5. The molecular weight excluding hydrogens is 391 g/mol. The second kappa shape index (κ2) is 7.23. The number of halogens is 2. The Balaban J connectivity index is 1.70. The van der Waals surface area contributed by atoms with E-state index in [-0.39, 0.29) is 11.7 Å². The molecule has 0 atom stereocenters. The molecule has 0 aliphatic carbocycles. The van der Waals surface area contributed by atoms with Gasteiger partial charge in [0.2, 0.25) is 5.91 Å². The molecule has 122 valence electrons. The van der Waals surface area contributed by atoms with E-state index in [1.54, 1.807) is 35.4 Å². The van der Waals surface area contributed by atoms with Crippen LogP contribution in [0.1, 0.15) is 10.6 Å². The normalized spacial score (nSPS) is 11.3. The zero-order valence-corrected chi connectivity index (χ0v) is 15.3. The summed E-state index contributed by atoms with van der Waals surface area (Å²) in [4.78, 5) is 18.3. The number of carbonyl (C=O) groups is 1. The van der Waals surface area contributed by atoms with E-state index >= 15 is 0 Å². The number of rotatable bonds is 4. The molecule has 0 unspecified atom stereocenters. The zero-order chi connectivity index (χ0) is 17.1. The first-order valence-electron chi connectivity index (χ1n) is 7.25. The van der Waals surface area contributed by atoms with Crippen LogP contribution in [0.15, 0.2) is 53.0 Å². The Hall–Kier alpha value is -2.05. The minimum atomic E-state index is -0.365. The topological polar surface area (TPSA) is 33.2 Å². The molecule has 6 heteroatoms. The molecule has 0 radical (unpaired) electrons. The first-order chi connectivity index (χ1) is 11.5. The van der Waals surface area contributed by atoms with E-state index in [2.05, 4.69) is 20.9 Å². The minimum absolute atomic E-state index is 0.200. The summed E-state index contributed by atoms with van der Waals surface area (Å²) in [5, 5.41) is 0.870. The van der Waals surface area contributed by atoms with Crippen molar-refractivity contribution in [3.05, 3.63) is 69.4 Å². The van der Waals surface area contributed by atoms with Gasteiger partial charge >= 0.3 is 0 Å². The standard InChI is InChI=1S/C18H14BrFN2OS/c1-22(11-17-21-15-4-2-3-5-16(15)24-17)18(23)9-6-12-10-13(19)7-8-14(12)20/h2-10H,11H2,1H3/b9-6+. The average Bonchev–Trinajstić information content (AvgIpc) is 2.97. The van der Waals surface area contributed by atoms with Crippen LogP contribution in [0, 0.1) is 5.82 Å². The zero-order valence-electron chi connectivity index (χ0n) is 12.9. The predicted octanol–water partition coefficient (Wildman–Crippen LogP) is 4.87. The Kier molecular flexibility index (Phi) is 5.06. The fraction of sp³-hybridized carbons (Fsp3) is 0.111. The maximum Gasteiger partial charge on any atom is 0.246 e. The molecule has 0 bridgehead atoms. The summed E-state index contributed by atoms with van der Waals surface area (Å²) in [7, 11) is 1.70. The summed E-state index contributed by atoms with van der Waals surface area (Å²) in [6.07, 6.45) is 2.86. The van der Waals surface area contributed by atoms with E-state index in [4.69, 9.17) is 0 Å². The molecule has 3 aromatic rings. The maximum atomic E-state index is 13.7. The predicted molar refractivity (Wildman–Crippen MR) is 99.2 cm³/mol. The monoisotopic (exact) mass is 404 g/mol. The van der Waals surface area contributed by atoms with E-state index in [9.17, 15) is 9.18 Å². The molecule has 1 amide bonds. The second-order valence-electron chi connectivity index (χ2n) is 5.27. The number of carbonyl (C=O) groups excluding carboxylic acids is 1. The quantitative estimate of drug-likeness (QED) is 0.581. The van der Waals surface area contributed by atoms with Gasteiger partial charge in [-0.1, -0.05) is 28.1 Å². The van der Waals surface area contributed by atoms with Gasteiger partial charge in [0, 0.05) is 23.2 Å². The van der Waals surface area contributed by atoms with Crippen LogP contribution < -0.4 is 0 Å². The van der Waals surface area contributed by atoms with Gasteiger partial charge in [-0.15, -0.1) is 11.3 Å². The van der Waals surface area contributed by atoms with Crippen LogP contribution in [-0.4, -0.2) is 22.8 Å². The summed E-state index contributed by atoms with van der Waals surface area (Å²) in [5.41, 5.74) is 1.30. The van der Waals surface area contributed by atoms with Gasteiger partial charge in [-0.3, -0.25) is 4.79 Å². The largest absolute Gasteiger partial charge is 0.335 e. The van der Waals surface area contributed by atoms with Crippen molar-refractivity contribution in [2.75, 3.05) is 7.05 Å². The molecule has 0 fully saturated rings. The lowest BCUT2D eigenvalue weighted by Gasteiger charge is -2.12. The van der Waals surface area contributed by atoms with E-state index < -0.39 is 0 Å². The van der Waals surface area contributed by atoms with Crippen LogP contribution in [0.5, 0.6) is 0 Å². The fourth-order valence-corrected chi connectivity index (χ4v) is 3.60. The SMILES string of the molecule is CN(Cc1nc2ccccc2s1)C(=O)/C=C/c1cc(Br)ccc1F. The van der Waals surface area contributed by atoms with Crippen LogP contribution in [0.4, 0.5) is 4.39 Å². The van der Waals surface area contributed by atoms with Crippen molar-refractivity contribution in [3.8, 4) is 0 Å². The maximum absolute atomic E-state index is 13.7. The Morgan fingerprint density at radius 1 is 1.33 bits per heavy atom. The van der Waals surface area contributed by atoms with Gasteiger partial charge < -0.3 is 4.90 Å². The third-order valence-electron chi connectivity index (χ3n) is 3.45. The van der Waals surface area contributed by atoms with Crippen molar-refractivity contribution in [2.24, 2.45) is 0 Å². The van der Waals surface area contributed by atoms with Gasteiger partial charge in [-0.05, 0) is 36.4 Å². The van der Waals surface area contributed by atoms with Crippen molar-refractivity contribution in [1.29, 1.82) is 0 Å². The molecule has 3 rings (SSSR count). The Morgan fingerprint density at radius 2 is 2.12 bits per heavy atom. The molecule has 0 spiro atoms. The number of amides is 1. The number of aromatic nitrogens is 1.